The lowest BCUT2D eigenvalue weighted by Gasteiger charge is -2.25. The third-order valence-electron chi connectivity index (χ3n) is 29.3. The summed E-state index contributed by atoms with van der Waals surface area (Å²) in [6, 6.07) is 193. The van der Waals surface area contributed by atoms with Crippen LogP contribution >= 0.6 is 0 Å². The van der Waals surface area contributed by atoms with Crippen LogP contribution in [0, 0.1) is 0 Å². The number of fused-ring (bicyclic) bond motifs is 18. The van der Waals surface area contributed by atoms with Gasteiger partial charge in [0.25, 0.3) is 0 Å². The monoisotopic (exact) mass is 1900 g/mol. The highest BCUT2D eigenvalue weighted by molar-refractivity contribution is 6.26. The number of anilines is 3. The van der Waals surface area contributed by atoms with E-state index in [1.165, 1.54) is 76.1 Å². The molecule has 6 aromatic heterocycles. The predicted molar refractivity (Wildman–Crippen MR) is 619 cm³/mol. The molecule has 696 valence electrons. The van der Waals surface area contributed by atoms with Crippen LogP contribution in [-0.2, 0) is 0 Å². The Balaban J connectivity index is 0.000000143. The maximum atomic E-state index is 5.24. The molecular formula is C138H89N11. The van der Waals surface area contributed by atoms with Crippen molar-refractivity contribution in [3.8, 4) is 136 Å². The van der Waals surface area contributed by atoms with Crippen molar-refractivity contribution in [2.45, 2.75) is 0 Å². The molecule has 0 unspecified atom stereocenters. The van der Waals surface area contributed by atoms with Crippen LogP contribution in [-0.4, -0.2) is 48.2 Å². The fraction of sp³-hybridized carbons (Fsp3) is 0. The van der Waals surface area contributed by atoms with Gasteiger partial charge in [0.2, 0.25) is 11.9 Å². The summed E-state index contributed by atoms with van der Waals surface area (Å²) in [5.41, 5.74) is 31.7. The summed E-state index contributed by atoms with van der Waals surface area (Å²) in [6.45, 7) is 0. The van der Waals surface area contributed by atoms with E-state index in [0.29, 0.717) is 35.2 Å². The van der Waals surface area contributed by atoms with Gasteiger partial charge in [0.1, 0.15) is 0 Å². The van der Waals surface area contributed by atoms with E-state index in [1.54, 1.807) is 0 Å². The van der Waals surface area contributed by atoms with Crippen LogP contribution in [0.2, 0.25) is 0 Å². The molecule has 29 rings (SSSR count). The molecule has 0 saturated heterocycles. The van der Waals surface area contributed by atoms with E-state index in [9.17, 15) is 0 Å². The van der Waals surface area contributed by atoms with Gasteiger partial charge in [-0.2, -0.15) is 19.9 Å². The summed E-state index contributed by atoms with van der Waals surface area (Å²) >= 11 is 0. The molecule has 11 nitrogen and oxygen atoms in total. The molecule has 23 aromatic carbocycles. The molecule has 0 radical (unpaired) electrons. The summed E-state index contributed by atoms with van der Waals surface area (Å²) < 4.78 is 9.28. The van der Waals surface area contributed by atoms with Crippen molar-refractivity contribution in [2.24, 2.45) is 0 Å². The van der Waals surface area contributed by atoms with Crippen molar-refractivity contribution < 1.29 is 0 Å². The molecule has 29 aromatic rings. The maximum Gasteiger partial charge on any atom is 0.238 e. The van der Waals surface area contributed by atoms with E-state index in [4.69, 9.17) is 29.9 Å². The molecule has 0 N–H and O–H groups in total. The van der Waals surface area contributed by atoms with Gasteiger partial charge in [-0.3, -0.25) is 9.13 Å². The largest absolute Gasteiger partial charge is 0.311 e. The van der Waals surface area contributed by atoms with Gasteiger partial charge in [0, 0.05) is 93.8 Å². The van der Waals surface area contributed by atoms with Crippen molar-refractivity contribution in [1.82, 2.24) is 48.2 Å². The van der Waals surface area contributed by atoms with Crippen LogP contribution in [0.1, 0.15) is 0 Å². The van der Waals surface area contributed by atoms with E-state index in [0.717, 1.165) is 161 Å². The SMILES string of the molecule is c1ccc(-c2ccc3c(c2)c2cc(-c4ccc5c(c4)c4cc(-c6ccccc6)ccc4n5-c4nc(-c5ccccc5)nc(-c5ccccc5)n4)ccc2n3-c2ccc(N(c3ccccc3)c3ccccc3)cc2)cc1.c1ccc(-c2ccc3c(c2)c2cc(-c4ccc5c(c4)c4cc(-c6ccccc6)ccc4n5-c4nc(-c5ccccc5)nc(-c5ccccc5)n4)ccc2n3-c2ccc3c4ccccc4c4ccccc4c3c2)cc1. The number of nitrogens with zero attached hydrogens (tertiary/aromatic N) is 11. The quantitative estimate of drug-likeness (QED) is 0.0837. The van der Waals surface area contributed by atoms with Gasteiger partial charge >= 0.3 is 0 Å². The number of benzene rings is 23. The molecule has 149 heavy (non-hydrogen) atoms. The fourth-order valence-corrected chi connectivity index (χ4v) is 22.2. The van der Waals surface area contributed by atoms with Crippen molar-refractivity contribution in [1.29, 1.82) is 0 Å². The average Bonchev–Trinajstić information content (AvgIpc) is 1.56. The molecule has 11 heteroatoms. The Morgan fingerprint density at radius 2 is 0.315 bits per heavy atom. The highest BCUT2D eigenvalue weighted by atomic mass is 15.2. The topological polar surface area (TPSA) is 100 Å². The number of para-hydroxylation sites is 2. The van der Waals surface area contributed by atoms with Crippen molar-refractivity contribution >= 4 is 137 Å². The second kappa shape index (κ2) is 36.7. The van der Waals surface area contributed by atoms with Crippen LogP contribution in [0.15, 0.2) is 540 Å². The summed E-state index contributed by atoms with van der Waals surface area (Å²) in [5, 5.41) is 16.8. The highest BCUT2D eigenvalue weighted by Crippen LogP contribution is 2.48. The van der Waals surface area contributed by atoms with Gasteiger partial charge in [-0.15, -0.1) is 0 Å². The van der Waals surface area contributed by atoms with E-state index in [1.807, 2.05) is 72.8 Å². The average molecular weight is 1900 g/mol. The van der Waals surface area contributed by atoms with Crippen LogP contribution in [0.3, 0.4) is 0 Å². The van der Waals surface area contributed by atoms with E-state index in [2.05, 4.69) is 490 Å². The minimum absolute atomic E-state index is 0.562. The first-order valence-electron chi connectivity index (χ1n) is 50.5. The Bertz CT molecular complexity index is 10000. The Morgan fingerprint density at radius 3 is 0.577 bits per heavy atom. The zero-order chi connectivity index (χ0) is 98.4. The molecule has 0 atom stereocenters. The van der Waals surface area contributed by atoms with Crippen molar-refractivity contribution in [3.05, 3.63) is 540 Å². The molecule has 0 aliphatic heterocycles. The first-order chi connectivity index (χ1) is 73.9. The Labute approximate surface area is 859 Å². The van der Waals surface area contributed by atoms with Gasteiger partial charge in [-0.1, -0.05) is 382 Å². The van der Waals surface area contributed by atoms with E-state index < -0.39 is 0 Å². The summed E-state index contributed by atoms with van der Waals surface area (Å²) in [4.78, 5) is 33.3. The minimum Gasteiger partial charge on any atom is -0.311 e. The first kappa shape index (κ1) is 86.7. The molecule has 0 spiro atoms. The lowest BCUT2D eigenvalue weighted by atomic mass is 9.94. The second-order valence-corrected chi connectivity index (χ2v) is 38.0. The lowest BCUT2D eigenvalue weighted by Crippen LogP contribution is -2.09. The van der Waals surface area contributed by atoms with Crippen molar-refractivity contribution in [3.63, 3.8) is 0 Å². The molecular weight excluding hydrogens is 1810 g/mol. The zero-order valence-electron chi connectivity index (χ0n) is 80.8. The van der Waals surface area contributed by atoms with E-state index >= 15 is 0 Å². The maximum absolute atomic E-state index is 5.24. The summed E-state index contributed by atoms with van der Waals surface area (Å²) in [5.74, 6) is 3.61. The molecule has 0 aliphatic rings. The molecule has 0 saturated carbocycles. The number of aromatic nitrogens is 10. The van der Waals surface area contributed by atoms with Crippen molar-refractivity contribution in [2.75, 3.05) is 4.90 Å². The van der Waals surface area contributed by atoms with Gasteiger partial charge < -0.3 is 14.0 Å². The first-order valence-corrected chi connectivity index (χ1v) is 50.5. The predicted octanol–water partition coefficient (Wildman–Crippen LogP) is 35.7. The minimum atomic E-state index is 0.562. The molecule has 0 fully saturated rings. The number of hydrogen-bond acceptors (Lipinski definition) is 7. The zero-order valence-corrected chi connectivity index (χ0v) is 80.8. The van der Waals surface area contributed by atoms with Crippen LogP contribution in [0.5, 0.6) is 0 Å². The molecule has 0 aliphatic carbocycles. The van der Waals surface area contributed by atoms with E-state index in [-0.39, 0.29) is 0 Å². The Kier molecular flexibility index (Phi) is 21.3. The normalized spacial score (nSPS) is 11.6. The number of rotatable bonds is 17. The Hall–Kier alpha value is -20.1. The Morgan fingerprint density at radius 1 is 0.121 bits per heavy atom. The molecule has 0 bridgehead atoms. The second-order valence-electron chi connectivity index (χ2n) is 38.0. The summed E-state index contributed by atoms with van der Waals surface area (Å²) in [6.07, 6.45) is 0. The third kappa shape index (κ3) is 15.6. The van der Waals surface area contributed by atoms with Gasteiger partial charge in [0.15, 0.2) is 23.3 Å². The summed E-state index contributed by atoms with van der Waals surface area (Å²) in [7, 11) is 0. The standard InChI is InChI=1S/C69H46N6.C69H43N5/c1-7-19-47(20-8-1)51-31-39-63-59(43-51)60-45-53(33-40-64(60)74(63)58-37-35-57(36-38-58)73(55-27-15-5-16-28-55)56-29-17-6-18-30-56)54-34-42-66-62(46-54)61-44-52(48-21-9-2-10-22-48)32-41-65(61)75(66)69-71-67(49-23-11-3-12-24-49)70-68(72-69)50-25-13-4-14-26-50;1-5-17-44(18-6-1)48-29-35-63-59(39-48)60-41-50(31-36-64(60)73(63)52-33-34-57-55-27-14-13-25-53(55)54-26-15-16-28-56(54)58(57)43-52)51-32-38-66-62(42-51)61-40-49(45-19-7-2-8-20-45)30-37-65(61)74(66)69-71-67(46-21-9-3-10-22-46)70-68(72-69)47-23-11-4-12-24-47/h1-46H;1-43H. The van der Waals surface area contributed by atoms with Crippen LogP contribution in [0.25, 0.3) is 255 Å². The fourth-order valence-electron chi connectivity index (χ4n) is 22.2. The third-order valence-corrected chi connectivity index (χ3v) is 29.3. The lowest BCUT2D eigenvalue weighted by molar-refractivity contribution is 0.953. The van der Waals surface area contributed by atoms with Gasteiger partial charge in [-0.25, -0.2) is 9.97 Å². The highest BCUT2D eigenvalue weighted by Gasteiger charge is 2.27. The number of hydrogen-bond donors (Lipinski definition) is 0. The van der Waals surface area contributed by atoms with Gasteiger partial charge in [-0.05, 0) is 257 Å². The van der Waals surface area contributed by atoms with Gasteiger partial charge in [0.05, 0.1) is 44.1 Å². The smallest absolute Gasteiger partial charge is 0.238 e. The molecule has 0 amide bonds. The molecule has 6 heterocycles. The van der Waals surface area contributed by atoms with Crippen LogP contribution in [0.4, 0.5) is 17.1 Å². The van der Waals surface area contributed by atoms with Crippen LogP contribution < -0.4 is 4.90 Å².